The van der Waals surface area contributed by atoms with Gasteiger partial charge in [-0.25, -0.2) is 5.43 Å². The molecule has 0 radical (unpaired) electrons. The first-order chi connectivity index (χ1) is 13.1. The average molecular weight is 448 g/mol. The summed E-state index contributed by atoms with van der Waals surface area (Å²) in [5.74, 6) is 0.124. The first-order valence-corrected chi connectivity index (χ1v) is 9.38. The lowest BCUT2D eigenvalue weighted by Crippen LogP contribution is -2.25. The number of nitrogens with one attached hydrogen (secondary N) is 1. The number of nitro groups is 1. The maximum atomic E-state index is 12.0. The molecule has 0 aliphatic rings. The number of hydrogen-bond donors (Lipinski definition) is 1. The molecule has 0 bridgehead atoms. The van der Waals surface area contributed by atoms with Gasteiger partial charge in [0.2, 0.25) is 0 Å². The molecule has 0 aromatic heterocycles. The van der Waals surface area contributed by atoms with Crippen LogP contribution in [0.1, 0.15) is 38.8 Å². The molecule has 28 heavy (non-hydrogen) atoms. The van der Waals surface area contributed by atoms with Gasteiger partial charge in [0.1, 0.15) is 5.75 Å². The van der Waals surface area contributed by atoms with E-state index >= 15 is 0 Å². The molecule has 1 N–H and O–H groups in total. The van der Waals surface area contributed by atoms with Gasteiger partial charge < -0.3 is 4.74 Å². The smallest absolute Gasteiger partial charge is 0.277 e. The molecular formula is C20H22BrN3O4. The van der Waals surface area contributed by atoms with Crippen LogP contribution >= 0.6 is 15.9 Å². The van der Waals surface area contributed by atoms with Gasteiger partial charge in [0.15, 0.2) is 6.61 Å². The lowest BCUT2D eigenvalue weighted by molar-refractivity contribution is -0.384. The van der Waals surface area contributed by atoms with Crippen LogP contribution < -0.4 is 10.2 Å². The Kier molecular flexibility index (Phi) is 6.90. The fourth-order valence-electron chi connectivity index (χ4n) is 2.32. The van der Waals surface area contributed by atoms with Gasteiger partial charge in [0, 0.05) is 17.7 Å². The van der Waals surface area contributed by atoms with Crippen molar-refractivity contribution in [2.24, 2.45) is 5.10 Å². The predicted octanol–water partition coefficient (Wildman–Crippen LogP) is 4.57. The van der Waals surface area contributed by atoms with Crippen LogP contribution in [0.3, 0.4) is 0 Å². The van der Waals surface area contributed by atoms with E-state index < -0.39 is 10.8 Å². The van der Waals surface area contributed by atoms with Crippen molar-refractivity contribution in [3.05, 3.63) is 68.2 Å². The van der Waals surface area contributed by atoms with E-state index in [1.165, 1.54) is 12.1 Å². The van der Waals surface area contributed by atoms with Crippen molar-refractivity contribution in [1.82, 2.24) is 5.43 Å². The van der Waals surface area contributed by atoms with Gasteiger partial charge in [-0.3, -0.25) is 14.9 Å². The molecule has 0 unspecified atom stereocenters. The molecule has 8 heteroatoms. The van der Waals surface area contributed by atoms with E-state index in [1.54, 1.807) is 19.1 Å². The largest absolute Gasteiger partial charge is 0.483 e. The third kappa shape index (κ3) is 5.88. The highest BCUT2D eigenvalue weighted by atomic mass is 79.9. The van der Waals surface area contributed by atoms with Crippen LogP contribution in [0.2, 0.25) is 0 Å². The number of hydrazone groups is 1. The van der Waals surface area contributed by atoms with Gasteiger partial charge in [-0.15, -0.1) is 0 Å². The Morgan fingerprint density at radius 2 is 1.96 bits per heavy atom. The Balaban J connectivity index is 1.96. The van der Waals surface area contributed by atoms with Gasteiger partial charge in [-0.05, 0) is 46.0 Å². The third-order valence-electron chi connectivity index (χ3n) is 3.98. The van der Waals surface area contributed by atoms with E-state index in [0.717, 1.165) is 10.0 Å². The van der Waals surface area contributed by atoms with Gasteiger partial charge in [0.05, 0.1) is 15.1 Å². The summed E-state index contributed by atoms with van der Waals surface area (Å²) < 4.78 is 6.30. The molecule has 0 heterocycles. The van der Waals surface area contributed by atoms with Crippen LogP contribution in [0.15, 0.2) is 52.0 Å². The molecule has 2 aromatic carbocycles. The van der Waals surface area contributed by atoms with E-state index in [4.69, 9.17) is 4.74 Å². The quantitative estimate of drug-likeness (QED) is 0.398. The highest BCUT2D eigenvalue weighted by Crippen LogP contribution is 2.31. The minimum absolute atomic E-state index is 0.0111. The molecule has 0 atom stereocenters. The van der Waals surface area contributed by atoms with Gasteiger partial charge in [-0.2, -0.15) is 5.10 Å². The van der Waals surface area contributed by atoms with Crippen LogP contribution in [0.5, 0.6) is 5.75 Å². The molecule has 0 aliphatic heterocycles. The summed E-state index contributed by atoms with van der Waals surface area (Å²) >= 11 is 3.46. The molecule has 7 nitrogen and oxygen atoms in total. The van der Waals surface area contributed by atoms with Crippen molar-refractivity contribution in [1.29, 1.82) is 0 Å². The predicted molar refractivity (Wildman–Crippen MR) is 112 cm³/mol. The maximum absolute atomic E-state index is 12.0. The van der Waals surface area contributed by atoms with E-state index in [9.17, 15) is 14.9 Å². The molecule has 1 amide bonds. The van der Waals surface area contributed by atoms with E-state index in [2.05, 4.69) is 47.2 Å². The number of carbonyl (C=O) groups excluding carboxylic acids is 1. The Labute approximate surface area is 172 Å². The van der Waals surface area contributed by atoms with Crippen LogP contribution in [-0.2, 0) is 10.2 Å². The summed E-state index contributed by atoms with van der Waals surface area (Å²) in [6.45, 7) is 7.79. The Morgan fingerprint density at radius 3 is 2.57 bits per heavy atom. The summed E-state index contributed by atoms with van der Waals surface area (Å²) in [7, 11) is 0. The summed E-state index contributed by atoms with van der Waals surface area (Å²) in [5.41, 5.74) is 4.52. The first kappa shape index (κ1) is 21.6. The number of nitro benzene ring substituents is 1. The Morgan fingerprint density at radius 1 is 1.25 bits per heavy atom. The molecule has 148 valence electrons. The monoisotopic (exact) mass is 447 g/mol. The second-order valence-corrected chi connectivity index (χ2v) is 8.08. The zero-order valence-corrected chi connectivity index (χ0v) is 17.7. The zero-order valence-electron chi connectivity index (χ0n) is 16.2. The second kappa shape index (κ2) is 8.97. The number of halogens is 1. The van der Waals surface area contributed by atoms with E-state index in [1.807, 2.05) is 18.2 Å². The molecule has 0 saturated carbocycles. The summed E-state index contributed by atoms with van der Waals surface area (Å²) in [5, 5.41) is 14.8. The molecule has 0 fully saturated rings. The molecule has 0 spiro atoms. The number of carbonyl (C=O) groups is 1. The van der Waals surface area contributed by atoms with Gasteiger partial charge in [-0.1, -0.05) is 39.0 Å². The molecule has 2 aromatic rings. The fraction of sp³-hybridized carbons (Fsp3) is 0.300. The van der Waals surface area contributed by atoms with Crippen molar-refractivity contribution in [3.8, 4) is 5.75 Å². The Bertz CT molecular complexity index is 920. The minimum Gasteiger partial charge on any atom is -0.483 e. The average Bonchev–Trinajstić information content (AvgIpc) is 2.64. The number of hydrogen-bond acceptors (Lipinski definition) is 5. The topological polar surface area (TPSA) is 93.8 Å². The number of rotatable bonds is 6. The molecule has 2 rings (SSSR count). The highest BCUT2D eigenvalue weighted by Gasteiger charge is 2.15. The standard InChI is InChI=1S/C20H22BrN3O4/c1-13(14-6-5-7-16(10-14)24(26)27)22-23-19(25)12-28-18-9-8-15(11-17(18)21)20(2,3)4/h5-11H,12H2,1-4H3,(H,23,25)/b22-13+. The summed E-state index contributed by atoms with van der Waals surface area (Å²) in [6.07, 6.45) is 0. The lowest BCUT2D eigenvalue weighted by Gasteiger charge is -2.20. The zero-order chi connectivity index (χ0) is 20.9. The van der Waals surface area contributed by atoms with Gasteiger partial charge in [0.25, 0.3) is 11.6 Å². The van der Waals surface area contributed by atoms with Crippen LogP contribution in [0, 0.1) is 10.1 Å². The number of amides is 1. The highest BCUT2D eigenvalue weighted by molar-refractivity contribution is 9.10. The van der Waals surface area contributed by atoms with Crippen LogP contribution in [0.25, 0.3) is 0 Å². The van der Waals surface area contributed by atoms with Crippen molar-refractivity contribution in [3.63, 3.8) is 0 Å². The number of non-ortho nitro benzene ring substituents is 1. The SMILES string of the molecule is C/C(=N\NC(=O)COc1ccc(C(C)(C)C)cc1Br)c1cccc([N+](=O)[O-])c1. The number of ether oxygens (including phenoxy) is 1. The normalized spacial score (nSPS) is 11.8. The van der Waals surface area contributed by atoms with Crippen molar-refractivity contribution < 1.29 is 14.5 Å². The number of benzene rings is 2. The fourth-order valence-corrected chi connectivity index (χ4v) is 2.81. The van der Waals surface area contributed by atoms with Crippen molar-refractivity contribution >= 4 is 33.2 Å². The minimum atomic E-state index is -0.480. The van der Waals surface area contributed by atoms with Crippen LogP contribution in [0.4, 0.5) is 5.69 Å². The maximum Gasteiger partial charge on any atom is 0.277 e. The Hall–Kier alpha value is -2.74. The second-order valence-electron chi connectivity index (χ2n) is 7.22. The first-order valence-electron chi connectivity index (χ1n) is 8.58. The summed E-state index contributed by atoms with van der Waals surface area (Å²) in [6, 6.07) is 11.8. The molecular weight excluding hydrogens is 426 g/mol. The van der Waals surface area contributed by atoms with E-state index in [-0.39, 0.29) is 17.7 Å². The van der Waals surface area contributed by atoms with E-state index in [0.29, 0.717) is 17.0 Å². The van der Waals surface area contributed by atoms with Crippen LogP contribution in [-0.4, -0.2) is 23.1 Å². The third-order valence-corrected chi connectivity index (χ3v) is 4.60. The van der Waals surface area contributed by atoms with Gasteiger partial charge >= 0.3 is 0 Å². The van der Waals surface area contributed by atoms with Crippen molar-refractivity contribution in [2.45, 2.75) is 33.1 Å². The van der Waals surface area contributed by atoms with Crippen molar-refractivity contribution in [2.75, 3.05) is 6.61 Å². The number of nitrogens with zero attached hydrogens (tertiary/aromatic N) is 2. The molecule has 0 saturated heterocycles. The molecule has 0 aliphatic carbocycles. The lowest BCUT2D eigenvalue weighted by atomic mass is 9.87. The summed E-state index contributed by atoms with van der Waals surface area (Å²) in [4.78, 5) is 22.4.